The summed E-state index contributed by atoms with van der Waals surface area (Å²) in [5.74, 6) is 0.319. The Morgan fingerprint density at radius 1 is 1.25 bits per heavy atom. The van der Waals surface area contributed by atoms with Gasteiger partial charge in [0, 0.05) is 17.8 Å². The van der Waals surface area contributed by atoms with Gasteiger partial charge in [0.05, 0.1) is 5.02 Å². The van der Waals surface area contributed by atoms with Crippen molar-refractivity contribution in [1.82, 2.24) is 9.88 Å². The molecule has 1 aliphatic heterocycles. The van der Waals surface area contributed by atoms with E-state index in [1.54, 1.807) is 6.07 Å². The first-order valence-corrected chi connectivity index (χ1v) is 8.78. The minimum Gasteiger partial charge on any atom is -0.299 e. The molecule has 0 N–H and O–H groups in total. The molecule has 124 valence electrons. The van der Waals surface area contributed by atoms with Gasteiger partial charge in [0.1, 0.15) is 13.7 Å². The van der Waals surface area contributed by atoms with E-state index in [0.29, 0.717) is 23.6 Å². The number of aromatic nitrogens is 1. The Morgan fingerprint density at radius 3 is 2.75 bits per heavy atom. The Labute approximate surface area is 149 Å². The Balaban J connectivity index is 1.56. The first-order chi connectivity index (χ1) is 11.5. The summed E-state index contributed by atoms with van der Waals surface area (Å²) in [6.45, 7) is 4.64. The molecule has 0 bridgehead atoms. The first kappa shape index (κ1) is 17.4. The maximum absolute atomic E-state index is 14.0. The van der Waals surface area contributed by atoms with Gasteiger partial charge in [0.25, 0.3) is 0 Å². The van der Waals surface area contributed by atoms with Gasteiger partial charge in [-0.25, -0.2) is 4.39 Å². The van der Waals surface area contributed by atoms with E-state index in [2.05, 4.69) is 16.8 Å². The lowest BCUT2D eigenvalue weighted by Gasteiger charge is -2.32. The van der Waals surface area contributed by atoms with Crippen LogP contribution in [0.3, 0.4) is 0 Å². The Bertz CT molecular complexity index is 703. The first-order valence-electron chi connectivity index (χ1n) is 8.40. The fraction of sp³-hybridized carbons (Fsp3) is 0.421. The third-order valence-corrected chi connectivity index (χ3v) is 5.13. The third-order valence-electron chi connectivity index (χ3n) is 4.84. The highest BCUT2D eigenvalue weighted by Crippen LogP contribution is 2.25. The molecular formula is C19H21BClFN2. The minimum absolute atomic E-state index is 0.200. The quantitative estimate of drug-likeness (QED) is 0.791. The van der Waals surface area contributed by atoms with Crippen molar-refractivity contribution < 1.29 is 4.39 Å². The average Bonchev–Trinajstić information content (AvgIpc) is 2.57. The van der Waals surface area contributed by atoms with Gasteiger partial charge in [-0.3, -0.25) is 9.88 Å². The number of nitrogens with zero attached hydrogens (tertiary/aromatic N) is 2. The summed E-state index contributed by atoms with van der Waals surface area (Å²) in [6.07, 6.45) is 3.16. The molecule has 0 atom stereocenters. The van der Waals surface area contributed by atoms with E-state index in [1.165, 1.54) is 5.56 Å². The van der Waals surface area contributed by atoms with Crippen LogP contribution in [0.2, 0.25) is 5.02 Å². The zero-order valence-corrected chi connectivity index (χ0v) is 14.7. The van der Waals surface area contributed by atoms with Crippen LogP contribution < -0.4 is 5.59 Å². The largest absolute Gasteiger partial charge is 0.299 e. The molecule has 1 aliphatic rings. The predicted octanol–water partition coefficient (Wildman–Crippen LogP) is 3.43. The highest BCUT2D eigenvalue weighted by atomic mass is 35.5. The van der Waals surface area contributed by atoms with Crippen molar-refractivity contribution in [2.75, 3.05) is 13.1 Å². The number of pyridine rings is 1. The molecule has 0 saturated carbocycles. The second-order valence-electron chi connectivity index (χ2n) is 6.64. The van der Waals surface area contributed by atoms with E-state index in [4.69, 9.17) is 19.4 Å². The molecule has 1 aromatic carbocycles. The summed E-state index contributed by atoms with van der Waals surface area (Å²) >= 11 is 5.86. The Hall–Kier alpha value is -1.39. The summed E-state index contributed by atoms with van der Waals surface area (Å²) in [6, 6.07) is 9.10. The molecule has 2 nitrogen and oxygen atoms in total. The zero-order chi connectivity index (χ0) is 17.1. The molecule has 0 spiro atoms. The Morgan fingerprint density at radius 2 is 2.00 bits per heavy atom. The lowest BCUT2D eigenvalue weighted by molar-refractivity contribution is 0.174. The number of hydrogen-bond donors (Lipinski definition) is 0. The predicted molar refractivity (Wildman–Crippen MR) is 97.5 cm³/mol. The molecule has 0 amide bonds. The van der Waals surface area contributed by atoms with Crippen molar-refractivity contribution in [1.29, 1.82) is 0 Å². The van der Waals surface area contributed by atoms with Crippen LogP contribution in [0.25, 0.3) is 0 Å². The van der Waals surface area contributed by atoms with Crippen LogP contribution in [0.1, 0.15) is 29.7 Å². The van der Waals surface area contributed by atoms with Crippen molar-refractivity contribution in [3.8, 4) is 0 Å². The number of halogens is 2. The molecular weight excluding hydrogens is 321 g/mol. The highest BCUT2D eigenvalue weighted by molar-refractivity contribution is 6.31. The van der Waals surface area contributed by atoms with Gasteiger partial charge in [-0.05, 0) is 62.4 Å². The molecule has 24 heavy (non-hydrogen) atoms. The average molecular weight is 343 g/mol. The monoisotopic (exact) mass is 342 g/mol. The highest BCUT2D eigenvalue weighted by Gasteiger charge is 2.21. The maximum atomic E-state index is 14.0. The second-order valence-corrected chi connectivity index (χ2v) is 7.04. The smallest absolute Gasteiger partial charge is 0.146 e. The van der Waals surface area contributed by atoms with Crippen molar-refractivity contribution >= 4 is 25.0 Å². The van der Waals surface area contributed by atoms with Crippen molar-refractivity contribution in [2.24, 2.45) is 5.92 Å². The van der Waals surface area contributed by atoms with Crippen LogP contribution in [0.5, 0.6) is 0 Å². The van der Waals surface area contributed by atoms with Crippen LogP contribution in [-0.2, 0) is 13.0 Å². The molecule has 1 aromatic heterocycles. The summed E-state index contributed by atoms with van der Waals surface area (Å²) in [5.41, 5.74) is 3.57. The summed E-state index contributed by atoms with van der Waals surface area (Å²) in [4.78, 5) is 6.77. The summed E-state index contributed by atoms with van der Waals surface area (Å²) in [7, 11) is 5.80. The third kappa shape index (κ3) is 4.17. The molecule has 0 aliphatic carbocycles. The standard InChI is InChI=1S/C19H21BClFN2/c1-13-5-6-18(20)23-17(13)11-14-7-9-24(10-8-14)12-15-3-2-4-16(21)19(15)22/h2-6,14H,7-12H2,1H3. The van der Waals surface area contributed by atoms with E-state index in [9.17, 15) is 4.39 Å². The summed E-state index contributed by atoms with van der Waals surface area (Å²) < 4.78 is 14.0. The van der Waals surface area contributed by atoms with Gasteiger partial charge in [0.15, 0.2) is 0 Å². The van der Waals surface area contributed by atoms with E-state index in [-0.39, 0.29) is 10.8 Å². The van der Waals surface area contributed by atoms with Crippen LogP contribution in [-0.4, -0.2) is 30.8 Å². The number of benzene rings is 1. The van der Waals surface area contributed by atoms with Crippen LogP contribution in [0, 0.1) is 18.7 Å². The fourth-order valence-corrected chi connectivity index (χ4v) is 3.52. The number of piperidine rings is 1. The topological polar surface area (TPSA) is 16.1 Å². The van der Waals surface area contributed by atoms with Crippen molar-refractivity contribution in [2.45, 2.75) is 32.7 Å². The maximum Gasteiger partial charge on any atom is 0.146 e. The van der Waals surface area contributed by atoms with Crippen molar-refractivity contribution in [3.05, 3.63) is 58.0 Å². The second kappa shape index (κ2) is 7.67. The van der Waals surface area contributed by atoms with E-state index in [0.717, 1.165) is 38.0 Å². The molecule has 5 heteroatoms. The lowest BCUT2D eigenvalue weighted by atomic mass is 9.90. The van der Waals surface area contributed by atoms with Gasteiger partial charge in [-0.15, -0.1) is 0 Å². The normalized spacial score (nSPS) is 16.5. The van der Waals surface area contributed by atoms with Gasteiger partial charge >= 0.3 is 0 Å². The summed E-state index contributed by atoms with van der Waals surface area (Å²) in [5, 5.41) is 0.200. The molecule has 2 aromatic rings. The lowest BCUT2D eigenvalue weighted by Crippen LogP contribution is -2.34. The zero-order valence-electron chi connectivity index (χ0n) is 13.9. The number of rotatable bonds is 4. The van der Waals surface area contributed by atoms with Crippen LogP contribution in [0.15, 0.2) is 30.3 Å². The van der Waals surface area contributed by atoms with E-state index < -0.39 is 0 Å². The molecule has 1 fully saturated rings. The van der Waals surface area contributed by atoms with E-state index in [1.807, 2.05) is 24.3 Å². The molecule has 0 unspecified atom stereocenters. The number of likely N-dealkylation sites (tertiary alicyclic amines) is 1. The van der Waals surface area contributed by atoms with Crippen molar-refractivity contribution in [3.63, 3.8) is 0 Å². The van der Waals surface area contributed by atoms with Gasteiger partial charge in [0.2, 0.25) is 0 Å². The van der Waals surface area contributed by atoms with Crippen LogP contribution >= 0.6 is 11.6 Å². The minimum atomic E-state index is -0.291. The van der Waals surface area contributed by atoms with Gasteiger partial charge in [-0.1, -0.05) is 35.9 Å². The molecule has 1 saturated heterocycles. The fourth-order valence-electron chi connectivity index (χ4n) is 3.33. The SMILES string of the molecule is [B]c1ccc(C)c(CC2CCN(Cc3cccc(Cl)c3F)CC2)n1. The number of hydrogen-bond acceptors (Lipinski definition) is 2. The van der Waals surface area contributed by atoms with Gasteiger partial charge < -0.3 is 0 Å². The molecule has 2 radical (unpaired) electrons. The number of aryl methyl sites for hydroxylation is 1. The molecule has 3 rings (SSSR count). The van der Waals surface area contributed by atoms with Gasteiger partial charge in [-0.2, -0.15) is 0 Å². The van der Waals surface area contributed by atoms with Crippen LogP contribution in [0.4, 0.5) is 4.39 Å². The molecule has 2 heterocycles. The Kier molecular flexibility index (Phi) is 5.57. The van der Waals surface area contributed by atoms with E-state index >= 15 is 0 Å².